The van der Waals surface area contributed by atoms with E-state index < -0.39 is 28.5 Å². The second-order valence-electron chi connectivity index (χ2n) is 5.00. The van der Waals surface area contributed by atoms with Crippen molar-refractivity contribution in [1.82, 2.24) is 0 Å². The molecule has 4 heteroatoms. The van der Waals surface area contributed by atoms with Gasteiger partial charge < -0.3 is 9.84 Å². The van der Waals surface area contributed by atoms with Crippen LogP contribution >= 0.6 is 0 Å². The fourth-order valence-corrected chi connectivity index (χ4v) is 1.66. The SMILES string of the molecule is C=Cc1cc(C(C)(C)C)c(F)c(C(=O)OC)c1O. The first kappa shape index (κ1) is 14.2. The Morgan fingerprint density at radius 3 is 2.44 bits per heavy atom. The predicted molar refractivity (Wildman–Crippen MR) is 68.2 cm³/mol. The van der Waals surface area contributed by atoms with Crippen LogP contribution in [-0.4, -0.2) is 18.2 Å². The van der Waals surface area contributed by atoms with Crippen LogP contribution in [0.3, 0.4) is 0 Å². The molecule has 18 heavy (non-hydrogen) atoms. The summed E-state index contributed by atoms with van der Waals surface area (Å²) >= 11 is 0. The Labute approximate surface area is 106 Å². The van der Waals surface area contributed by atoms with E-state index in [0.29, 0.717) is 11.1 Å². The van der Waals surface area contributed by atoms with Crippen LogP contribution in [0.1, 0.15) is 42.3 Å². The molecule has 0 bridgehead atoms. The van der Waals surface area contributed by atoms with E-state index in [0.717, 1.165) is 7.11 Å². The number of ether oxygens (including phenoxy) is 1. The van der Waals surface area contributed by atoms with Crippen LogP contribution < -0.4 is 0 Å². The van der Waals surface area contributed by atoms with Crippen molar-refractivity contribution in [3.63, 3.8) is 0 Å². The molecule has 0 aromatic heterocycles. The molecule has 0 amide bonds. The number of aromatic hydroxyl groups is 1. The van der Waals surface area contributed by atoms with Crippen molar-refractivity contribution < 1.29 is 19.0 Å². The number of hydrogen-bond acceptors (Lipinski definition) is 3. The highest BCUT2D eigenvalue weighted by Crippen LogP contribution is 2.35. The lowest BCUT2D eigenvalue weighted by Gasteiger charge is -2.22. The maximum absolute atomic E-state index is 14.3. The number of benzene rings is 1. The Balaban J connectivity index is 3.69. The molecule has 0 aliphatic rings. The summed E-state index contributed by atoms with van der Waals surface area (Å²) in [5.74, 6) is -2.10. The summed E-state index contributed by atoms with van der Waals surface area (Å²) in [6, 6.07) is 1.49. The molecule has 0 fully saturated rings. The molecule has 0 radical (unpaired) electrons. The van der Waals surface area contributed by atoms with E-state index in [-0.39, 0.29) is 0 Å². The highest BCUT2D eigenvalue weighted by molar-refractivity contribution is 5.94. The highest BCUT2D eigenvalue weighted by Gasteiger charge is 2.28. The Bertz CT molecular complexity index is 499. The molecule has 1 aromatic rings. The van der Waals surface area contributed by atoms with E-state index in [4.69, 9.17) is 0 Å². The first-order valence-corrected chi connectivity index (χ1v) is 5.50. The van der Waals surface area contributed by atoms with Gasteiger partial charge in [0.15, 0.2) is 0 Å². The predicted octanol–water partition coefficient (Wildman–Crippen LogP) is 3.26. The van der Waals surface area contributed by atoms with Crippen molar-refractivity contribution in [3.05, 3.63) is 35.2 Å². The minimum absolute atomic E-state index is 0.307. The van der Waals surface area contributed by atoms with Gasteiger partial charge in [-0.25, -0.2) is 9.18 Å². The first-order chi connectivity index (χ1) is 8.23. The van der Waals surface area contributed by atoms with Gasteiger partial charge in [-0.05, 0) is 17.0 Å². The maximum Gasteiger partial charge on any atom is 0.344 e. The third kappa shape index (κ3) is 2.37. The van der Waals surface area contributed by atoms with Gasteiger partial charge in [-0.3, -0.25) is 0 Å². The van der Waals surface area contributed by atoms with Crippen molar-refractivity contribution in [2.24, 2.45) is 0 Å². The molecule has 1 aromatic carbocycles. The van der Waals surface area contributed by atoms with Crippen LogP contribution in [-0.2, 0) is 10.2 Å². The fourth-order valence-electron chi connectivity index (χ4n) is 1.66. The molecule has 0 aliphatic carbocycles. The average Bonchev–Trinajstić information content (AvgIpc) is 2.27. The van der Waals surface area contributed by atoms with Crippen molar-refractivity contribution in [2.45, 2.75) is 26.2 Å². The highest BCUT2D eigenvalue weighted by atomic mass is 19.1. The maximum atomic E-state index is 14.3. The summed E-state index contributed by atoms with van der Waals surface area (Å²) in [5.41, 5.74) is -0.310. The molecule has 3 nitrogen and oxygen atoms in total. The molecule has 0 aliphatic heterocycles. The third-order valence-electron chi connectivity index (χ3n) is 2.68. The summed E-state index contributed by atoms with van der Waals surface area (Å²) in [5, 5.41) is 9.85. The summed E-state index contributed by atoms with van der Waals surface area (Å²) in [7, 11) is 1.14. The number of methoxy groups -OCH3 is 1. The summed E-state index contributed by atoms with van der Waals surface area (Å²) < 4.78 is 18.8. The topological polar surface area (TPSA) is 46.5 Å². The van der Waals surface area contributed by atoms with Gasteiger partial charge in [0.2, 0.25) is 0 Å². The van der Waals surface area contributed by atoms with Crippen LogP contribution in [0.15, 0.2) is 12.6 Å². The number of phenols is 1. The Hall–Kier alpha value is -1.84. The van der Waals surface area contributed by atoms with Gasteiger partial charge in [0.1, 0.15) is 17.1 Å². The van der Waals surface area contributed by atoms with Gasteiger partial charge in [0.25, 0.3) is 0 Å². The number of esters is 1. The zero-order valence-corrected chi connectivity index (χ0v) is 11.0. The van der Waals surface area contributed by atoms with Crippen molar-refractivity contribution in [3.8, 4) is 5.75 Å². The molecule has 98 valence electrons. The van der Waals surface area contributed by atoms with E-state index in [2.05, 4.69) is 11.3 Å². The molecular weight excluding hydrogens is 235 g/mol. The lowest BCUT2D eigenvalue weighted by atomic mass is 9.84. The third-order valence-corrected chi connectivity index (χ3v) is 2.68. The largest absolute Gasteiger partial charge is 0.506 e. The average molecular weight is 252 g/mol. The number of phenolic OH excluding ortho intramolecular Hbond substituents is 1. The first-order valence-electron chi connectivity index (χ1n) is 5.50. The van der Waals surface area contributed by atoms with Crippen molar-refractivity contribution >= 4 is 12.0 Å². The quantitative estimate of drug-likeness (QED) is 0.822. The van der Waals surface area contributed by atoms with Gasteiger partial charge in [-0.2, -0.15) is 0 Å². The smallest absolute Gasteiger partial charge is 0.344 e. The van der Waals surface area contributed by atoms with Crippen molar-refractivity contribution in [1.29, 1.82) is 0 Å². The van der Waals surface area contributed by atoms with E-state index in [1.54, 1.807) is 0 Å². The number of hydrogen-bond donors (Lipinski definition) is 1. The van der Waals surface area contributed by atoms with Gasteiger partial charge in [-0.15, -0.1) is 0 Å². The Morgan fingerprint density at radius 1 is 1.50 bits per heavy atom. The number of carbonyl (C=O) groups is 1. The minimum atomic E-state index is -0.904. The van der Waals surface area contributed by atoms with Crippen molar-refractivity contribution in [2.75, 3.05) is 7.11 Å². The van der Waals surface area contributed by atoms with Crippen LogP contribution in [0.25, 0.3) is 6.08 Å². The van der Waals surface area contributed by atoms with E-state index >= 15 is 0 Å². The second kappa shape index (κ2) is 4.80. The molecule has 1 rings (SSSR count). The standard InChI is InChI=1S/C14H17FO3/c1-6-8-7-9(14(2,3)4)11(15)10(12(8)16)13(17)18-5/h6-7,16H,1H2,2-5H3. The monoisotopic (exact) mass is 252 g/mol. The summed E-state index contributed by atoms with van der Waals surface area (Å²) in [4.78, 5) is 11.5. The van der Waals surface area contributed by atoms with Gasteiger partial charge in [0, 0.05) is 5.56 Å². The number of halogens is 1. The number of carbonyl (C=O) groups excluding carboxylic acids is 1. The molecule has 0 spiro atoms. The summed E-state index contributed by atoms with van der Waals surface area (Å²) in [6.45, 7) is 8.98. The summed E-state index contributed by atoms with van der Waals surface area (Å²) in [6.07, 6.45) is 1.37. The van der Waals surface area contributed by atoms with Crippen LogP contribution in [0.4, 0.5) is 4.39 Å². The second-order valence-corrected chi connectivity index (χ2v) is 5.00. The zero-order chi connectivity index (χ0) is 14.1. The zero-order valence-electron chi connectivity index (χ0n) is 11.0. The molecule has 0 heterocycles. The van der Waals surface area contributed by atoms with Crippen LogP contribution in [0.2, 0.25) is 0 Å². The van der Waals surface area contributed by atoms with Crippen LogP contribution in [0.5, 0.6) is 5.75 Å². The Morgan fingerprint density at radius 2 is 2.06 bits per heavy atom. The molecule has 0 saturated heterocycles. The fraction of sp³-hybridized carbons (Fsp3) is 0.357. The van der Waals surface area contributed by atoms with Gasteiger partial charge in [-0.1, -0.05) is 33.4 Å². The van der Waals surface area contributed by atoms with Gasteiger partial charge >= 0.3 is 5.97 Å². The normalized spacial score (nSPS) is 11.2. The van der Waals surface area contributed by atoms with Gasteiger partial charge in [0.05, 0.1) is 7.11 Å². The lowest BCUT2D eigenvalue weighted by molar-refractivity contribution is 0.0591. The van der Waals surface area contributed by atoms with E-state index in [1.165, 1.54) is 12.1 Å². The van der Waals surface area contributed by atoms with E-state index in [9.17, 15) is 14.3 Å². The molecule has 0 atom stereocenters. The minimum Gasteiger partial charge on any atom is -0.506 e. The lowest BCUT2D eigenvalue weighted by Crippen LogP contribution is -2.17. The molecular formula is C14H17FO3. The Kier molecular flexibility index (Phi) is 3.79. The molecule has 1 N–H and O–H groups in total. The number of rotatable bonds is 2. The van der Waals surface area contributed by atoms with E-state index in [1.807, 2.05) is 20.8 Å². The molecule has 0 unspecified atom stereocenters. The van der Waals surface area contributed by atoms with Crippen LogP contribution in [0, 0.1) is 5.82 Å². The molecule has 0 saturated carbocycles.